The number of amides is 1. The molecule has 1 atom stereocenters. The number of dihydropyridines is 1. The Hall–Kier alpha value is -1.49. The lowest BCUT2D eigenvalue weighted by molar-refractivity contribution is -0.114. The zero-order valence-electron chi connectivity index (χ0n) is 5.39. The number of hydrogen-bond acceptors (Lipinski definition) is 4. The second-order valence-corrected chi connectivity index (χ2v) is 1.96. The van der Waals surface area contributed by atoms with Crippen LogP contribution in [-0.2, 0) is 9.59 Å². The minimum absolute atomic E-state index is 0.228. The van der Waals surface area contributed by atoms with Crippen molar-refractivity contribution in [2.45, 2.75) is 6.10 Å². The van der Waals surface area contributed by atoms with Crippen molar-refractivity contribution in [1.29, 1.82) is 0 Å². The van der Waals surface area contributed by atoms with Gasteiger partial charge in [0.2, 0.25) is 0 Å². The van der Waals surface area contributed by atoms with Crippen molar-refractivity contribution in [2.24, 2.45) is 4.99 Å². The van der Waals surface area contributed by atoms with Crippen molar-refractivity contribution in [3.63, 3.8) is 0 Å². The van der Waals surface area contributed by atoms with Gasteiger partial charge in [0, 0.05) is 6.08 Å². The molecule has 0 saturated heterocycles. The fourth-order valence-corrected chi connectivity index (χ4v) is 0.668. The number of carbonyl (C=O) groups is 2. The molecule has 2 N–H and O–H groups in total. The molecular formula is C6H5NO4. The Morgan fingerprint density at radius 3 is 2.82 bits per heavy atom. The molecule has 1 unspecified atom stereocenters. The van der Waals surface area contributed by atoms with Gasteiger partial charge in [0.25, 0.3) is 5.91 Å². The Kier molecular flexibility index (Phi) is 1.82. The smallest absolute Gasteiger partial charge is 0.273 e. The van der Waals surface area contributed by atoms with Crippen LogP contribution in [0.4, 0.5) is 0 Å². The van der Waals surface area contributed by atoms with Gasteiger partial charge in [-0.3, -0.25) is 9.59 Å². The first-order chi connectivity index (χ1) is 5.15. The van der Waals surface area contributed by atoms with Gasteiger partial charge in [-0.2, -0.15) is 0 Å². The Labute approximate surface area is 61.7 Å². The van der Waals surface area contributed by atoms with Gasteiger partial charge in [0.15, 0.2) is 12.4 Å². The minimum atomic E-state index is -1.45. The molecule has 0 aromatic rings. The third kappa shape index (κ3) is 1.32. The maximum atomic E-state index is 10.5. The average molecular weight is 155 g/mol. The van der Waals surface area contributed by atoms with Crippen LogP contribution in [0.2, 0.25) is 0 Å². The molecule has 5 nitrogen and oxygen atoms in total. The quantitative estimate of drug-likeness (QED) is 0.474. The normalized spacial score (nSPS) is 24.1. The maximum absolute atomic E-state index is 10.5. The van der Waals surface area contributed by atoms with Gasteiger partial charge in [0.1, 0.15) is 11.5 Å². The molecule has 0 aromatic carbocycles. The van der Waals surface area contributed by atoms with Gasteiger partial charge in [-0.1, -0.05) is 0 Å². The summed E-state index contributed by atoms with van der Waals surface area (Å²) >= 11 is 0. The van der Waals surface area contributed by atoms with Gasteiger partial charge in [-0.25, -0.2) is 4.99 Å². The predicted octanol–water partition coefficient (Wildman–Crippen LogP) is -1.03. The largest absolute Gasteiger partial charge is 0.509 e. The van der Waals surface area contributed by atoms with E-state index in [-0.39, 0.29) is 12.0 Å². The SMILES string of the molecule is O=CC1=NC(=O)C=C(O)C1O. The van der Waals surface area contributed by atoms with E-state index in [0.717, 1.165) is 6.08 Å². The van der Waals surface area contributed by atoms with E-state index in [9.17, 15) is 9.59 Å². The van der Waals surface area contributed by atoms with Crippen molar-refractivity contribution in [3.8, 4) is 0 Å². The Balaban J connectivity index is 2.99. The topological polar surface area (TPSA) is 87.0 Å². The highest BCUT2D eigenvalue weighted by atomic mass is 16.3. The molecule has 0 saturated carbocycles. The van der Waals surface area contributed by atoms with E-state index in [0.29, 0.717) is 0 Å². The van der Waals surface area contributed by atoms with Crippen LogP contribution in [-0.4, -0.2) is 34.2 Å². The zero-order chi connectivity index (χ0) is 8.43. The van der Waals surface area contributed by atoms with Crippen LogP contribution in [0.3, 0.4) is 0 Å². The Bertz CT molecular complexity index is 266. The van der Waals surface area contributed by atoms with Crippen molar-refractivity contribution in [3.05, 3.63) is 11.8 Å². The van der Waals surface area contributed by atoms with E-state index in [1.54, 1.807) is 0 Å². The summed E-state index contributed by atoms with van der Waals surface area (Å²) in [5.41, 5.74) is -0.366. The third-order valence-corrected chi connectivity index (χ3v) is 1.19. The van der Waals surface area contributed by atoms with E-state index in [1.807, 2.05) is 0 Å². The number of aliphatic hydroxyl groups is 2. The van der Waals surface area contributed by atoms with Crippen molar-refractivity contribution in [1.82, 2.24) is 0 Å². The molecule has 5 heteroatoms. The van der Waals surface area contributed by atoms with Gasteiger partial charge in [-0.05, 0) is 0 Å². The third-order valence-electron chi connectivity index (χ3n) is 1.19. The minimum Gasteiger partial charge on any atom is -0.509 e. The maximum Gasteiger partial charge on any atom is 0.273 e. The average Bonchev–Trinajstić information content (AvgIpc) is 1.96. The Morgan fingerprint density at radius 2 is 2.27 bits per heavy atom. The molecule has 58 valence electrons. The van der Waals surface area contributed by atoms with E-state index >= 15 is 0 Å². The van der Waals surface area contributed by atoms with E-state index in [2.05, 4.69) is 4.99 Å². The number of aldehydes is 1. The highest BCUT2D eigenvalue weighted by Gasteiger charge is 2.22. The first kappa shape index (κ1) is 7.62. The highest BCUT2D eigenvalue weighted by molar-refractivity contribution is 6.34. The summed E-state index contributed by atoms with van der Waals surface area (Å²) in [6.07, 6.45) is -0.464. The lowest BCUT2D eigenvalue weighted by Crippen LogP contribution is -2.28. The molecule has 0 spiro atoms. The molecule has 0 radical (unpaired) electrons. The number of carbonyl (C=O) groups excluding carboxylic acids is 2. The van der Waals surface area contributed by atoms with E-state index in [4.69, 9.17) is 10.2 Å². The summed E-state index contributed by atoms with van der Waals surface area (Å²) in [4.78, 5) is 23.7. The van der Waals surface area contributed by atoms with Crippen LogP contribution in [0.1, 0.15) is 0 Å². The lowest BCUT2D eigenvalue weighted by Gasteiger charge is -2.10. The molecule has 1 heterocycles. The summed E-state index contributed by atoms with van der Waals surface area (Å²) in [6.45, 7) is 0. The second-order valence-electron chi connectivity index (χ2n) is 1.96. The first-order valence-electron chi connectivity index (χ1n) is 2.81. The lowest BCUT2D eigenvalue weighted by atomic mass is 10.1. The van der Waals surface area contributed by atoms with Crippen LogP contribution in [0, 0.1) is 0 Å². The first-order valence-corrected chi connectivity index (χ1v) is 2.81. The number of nitrogens with zero attached hydrogens (tertiary/aromatic N) is 1. The van der Waals surface area contributed by atoms with Gasteiger partial charge < -0.3 is 10.2 Å². The van der Waals surface area contributed by atoms with Crippen molar-refractivity contribution < 1.29 is 19.8 Å². The predicted molar refractivity (Wildman–Crippen MR) is 35.2 cm³/mol. The number of rotatable bonds is 1. The summed E-state index contributed by atoms with van der Waals surface area (Å²) in [5, 5.41) is 17.7. The zero-order valence-corrected chi connectivity index (χ0v) is 5.39. The fourth-order valence-electron chi connectivity index (χ4n) is 0.668. The van der Waals surface area contributed by atoms with Crippen LogP contribution >= 0.6 is 0 Å². The molecule has 1 rings (SSSR count). The number of aliphatic imine (C=N–C) groups is 1. The Morgan fingerprint density at radius 1 is 1.64 bits per heavy atom. The van der Waals surface area contributed by atoms with Crippen molar-refractivity contribution >= 4 is 17.9 Å². The summed E-state index contributed by atoms with van der Waals surface area (Å²) in [6, 6.07) is 0. The number of hydrogen-bond donors (Lipinski definition) is 2. The molecule has 1 amide bonds. The molecule has 1 aliphatic rings. The van der Waals surface area contributed by atoms with Crippen LogP contribution < -0.4 is 0 Å². The molecule has 1 aliphatic heterocycles. The molecule has 0 aliphatic carbocycles. The van der Waals surface area contributed by atoms with Crippen LogP contribution in [0.25, 0.3) is 0 Å². The van der Waals surface area contributed by atoms with Crippen LogP contribution in [0.15, 0.2) is 16.8 Å². The van der Waals surface area contributed by atoms with Gasteiger partial charge in [0.05, 0.1) is 0 Å². The molecule has 0 bridgehead atoms. The molecule has 11 heavy (non-hydrogen) atoms. The van der Waals surface area contributed by atoms with E-state index < -0.39 is 17.8 Å². The molecule has 0 fully saturated rings. The summed E-state index contributed by atoms with van der Waals surface area (Å²) in [5.74, 6) is -1.29. The molecule has 0 aromatic heterocycles. The van der Waals surface area contributed by atoms with E-state index in [1.165, 1.54) is 0 Å². The second kappa shape index (κ2) is 2.63. The standard InChI is InChI=1S/C6H5NO4/c8-2-3-6(11)4(9)1-5(10)7-3/h1-2,6,9,11H. The summed E-state index contributed by atoms with van der Waals surface area (Å²) < 4.78 is 0. The highest BCUT2D eigenvalue weighted by Crippen LogP contribution is 2.05. The fraction of sp³-hybridized carbons (Fsp3) is 0.167. The monoisotopic (exact) mass is 155 g/mol. The van der Waals surface area contributed by atoms with Gasteiger partial charge >= 0.3 is 0 Å². The summed E-state index contributed by atoms with van der Waals surface area (Å²) in [7, 11) is 0. The number of aliphatic hydroxyl groups excluding tert-OH is 2. The van der Waals surface area contributed by atoms with Crippen molar-refractivity contribution in [2.75, 3.05) is 0 Å². The van der Waals surface area contributed by atoms with Crippen LogP contribution in [0.5, 0.6) is 0 Å². The molecular weight excluding hydrogens is 150 g/mol. The van der Waals surface area contributed by atoms with Gasteiger partial charge in [-0.15, -0.1) is 0 Å².